The summed E-state index contributed by atoms with van der Waals surface area (Å²) in [5.74, 6) is 6.14. The van der Waals surface area contributed by atoms with Crippen molar-refractivity contribution in [1.29, 1.82) is 0 Å². The molecule has 0 unspecified atom stereocenters. The zero-order chi connectivity index (χ0) is 25.6. The summed E-state index contributed by atoms with van der Waals surface area (Å²) in [5, 5.41) is 9.96. The van der Waals surface area contributed by atoms with Gasteiger partial charge in [-0.2, -0.15) is 18.3 Å². The van der Waals surface area contributed by atoms with E-state index in [-0.39, 0.29) is 17.2 Å². The summed E-state index contributed by atoms with van der Waals surface area (Å²) in [7, 11) is 0. The van der Waals surface area contributed by atoms with Gasteiger partial charge in [0.1, 0.15) is 0 Å². The Morgan fingerprint density at radius 3 is 2.49 bits per heavy atom. The highest BCUT2D eigenvalue weighted by atomic mass is 19.4. The fourth-order valence-electron chi connectivity index (χ4n) is 3.38. The van der Waals surface area contributed by atoms with E-state index in [1.807, 2.05) is 6.07 Å². The molecule has 1 amide bonds. The number of hydrogen-bond donors (Lipinski definition) is 2. The number of nitrogens with zero attached hydrogens (tertiary/aromatic N) is 2. The summed E-state index contributed by atoms with van der Waals surface area (Å²) >= 11 is 0. The van der Waals surface area contributed by atoms with E-state index < -0.39 is 11.7 Å². The SMILES string of the molecule is CC(C)c1ccc(NC=O)cc1C(F)(F)F.Cc1ccc(C)c(C#Cc2cnc3[nH]ncc3c2)c1. The van der Waals surface area contributed by atoms with Crippen molar-refractivity contribution in [3.63, 3.8) is 0 Å². The Balaban J connectivity index is 0.000000199. The maximum absolute atomic E-state index is 12.7. The second kappa shape index (κ2) is 10.9. The highest BCUT2D eigenvalue weighted by Gasteiger charge is 2.34. The van der Waals surface area contributed by atoms with Gasteiger partial charge in [-0.05, 0) is 60.7 Å². The Kier molecular flexibility index (Phi) is 7.92. The molecule has 0 bridgehead atoms. The number of carbonyl (C=O) groups excluding carboxylic acids is 1. The second-order valence-corrected chi connectivity index (χ2v) is 8.32. The van der Waals surface area contributed by atoms with Gasteiger partial charge in [0.25, 0.3) is 0 Å². The van der Waals surface area contributed by atoms with Gasteiger partial charge in [0.05, 0.1) is 11.8 Å². The van der Waals surface area contributed by atoms with Crippen LogP contribution in [-0.2, 0) is 11.0 Å². The lowest BCUT2D eigenvalue weighted by Crippen LogP contribution is -2.11. The molecule has 0 fully saturated rings. The monoisotopic (exact) mass is 478 g/mol. The van der Waals surface area contributed by atoms with E-state index in [0.29, 0.717) is 6.41 Å². The molecule has 0 saturated carbocycles. The Labute approximate surface area is 201 Å². The van der Waals surface area contributed by atoms with Crippen LogP contribution >= 0.6 is 0 Å². The van der Waals surface area contributed by atoms with Crippen LogP contribution in [0.25, 0.3) is 11.0 Å². The highest BCUT2D eigenvalue weighted by Crippen LogP contribution is 2.36. The average molecular weight is 479 g/mol. The van der Waals surface area contributed by atoms with E-state index in [9.17, 15) is 18.0 Å². The topological polar surface area (TPSA) is 70.7 Å². The summed E-state index contributed by atoms with van der Waals surface area (Å²) in [6.45, 7) is 7.53. The lowest BCUT2D eigenvalue weighted by Gasteiger charge is -2.16. The van der Waals surface area contributed by atoms with Crippen LogP contribution in [-0.4, -0.2) is 21.6 Å². The molecule has 0 aliphatic carbocycles. The molecule has 180 valence electrons. The number of pyridine rings is 1. The minimum absolute atomic E-state index is 0.145. The van der Waals surface area contributed by atoms with E-state index in [1.165, 1.54) is 23.3 Å². The lowest BCUT2D eigenvalue weighted by molar-refractivity contribution is -0.138. The average Bonchev–Trinajstić information content (AvgIpc) is 3.27. The molecule has 4 rings (SSSR count). The molecule has 0 atom stereocenters. The first-order chi connectivity index (χ1) is 16.6. The Morgan fingerprint density at radius 1 is 1.03 bits per heavy atom. The molecule has 2 aromatic heterocycles. The Morgan fingerprint density at radius 2 is 1.80 bits per heavy atom. The fourth-order valence-corrected chi connectivity index (χ4v) is 3.38. The minimum atomic E-state index is -4.40. The number of fused-ring (bicyclic) bond motifs is 1. The predicted octanol–water partition coefficient (Wildman–Crippen LogP) is 6.37. The number of alkyl halides is 3. The fraction of sp³-hybridized carbons (Fsp3) is 0.222. The van der Waals surface area contributed by atoms with Gasteiger partial charge in [-0.1, -0.05) is 43.9 Å². The molecule has 2 N–H and O–H groups in total. The van der Waals surface area contributed by atoms with Crippen LogP contribution in [0.2, 0.25) is 0 Å². The number of aromatic amines is 1. The number of carbonyl (C=O) groups is 1. The number of aromatic nitrogens is 3. The molecule has 4 aromatic rings. The van der Waals surface area contributed by atoms with E-state index >= 15 is 0 Å². The maximum Gasteiger partial charge on any atom is 0.416 e. The van der Waals surface area contributed by atoms with Crippen LogP contribution in [0, 0.1) is 25.7 Å². The molecule has 0 aliphatic rings. The first kappa shape index (κ1) is 25.5. The Hall–Kier alpha value is -4.12. The van der Waals surface area contributed by atoms with Crippen LogP contribution in [0.1, 0.15) is 53.1 Å². The number of rotatable bonds is 3. The zero-order valence-electron chi connectivity index (χ0n) is 19.8. The van der Waals surface area contributed by atoms with Crippen LogP contribution in [0.4, 0.5) is 18.9 Å². The molecule has 35 heavy (non-hydrogen) atoms. The molecule has 8 heteroatoms. The quantitative estimate of drug-likeness (QED) is 0.265. The number of amides is 1. The number of aryl methyl sites for hydroxylation is 2. The van der Waals surface area contributed by atoms with Gasteiger partial charge in [0, 0.05) is 28.4 Å². The zero-order valence-corrected chi connectivity index (χ0v) is 19.8. The number of hydrogen-bond acceptors (Lipinski definition) is 3. The molecule has 0 radical (unpaired) electrons. The predicted molar refractivity (Wildman–Crippen MR) is 131 cm³/mol. The van der Waals surface area contributed by atoms with Crippen LogP contribution in [0.5, 0.6) is 0 Å². The molecule has 0 saturated heterocycles. The first-order valence-corrected chi connectivity index (χ1v) is 10.9. The normalized spacial score (nSPS) is 10.9. The van der Waals surface area contributed by atoms with Gasteiger partial charge in [-0.3, -0.25) is 9.89 Å². The third-order valence-corrected chi connectivity index (χ3v) is 5.23. The van der Waals surface area contributed by atoms with E-state index in [0.717, 1.165) is 28.2 Å². The van der Waals surface area contributed by atoms with Crippen molar-refractivity contribution in [2.75, 3.05) is 5.32 Å². The van der Waals surface area contributed by atoms with Crippen molar-refractivity contribution in [1.82, 2.24) is 15.2 Å². The summed E-state index contributed by atoms with van der Waals surface area (Å²) in [6.07, 6.45) is -0.533. The highest BCUT2D eigenvalue weighted by molar-refractivity contribution is 5.75. The van der Waals surface area contributed by atoms with Gasteiger partial charge in [-0.15, -0.1) is 0 Å². The molecule has 2 heterocycles. The standard InChI is InChI=1S/C16H13N3.C11H12F3NO/c1-11-3-4-12(2)14(7-11)6-5-13-8-15-10-18-19-16(15)17-9-13;1-7(2)9-4-3-8(15-6-16)5-10(9)11(12,13)14/h3-4,7-10H,1-2H3,(H,17,18,19);3-7H,1-2H3,(H,15,16). The molecular weight excluding hydrogens is 453 g/mol. The molecule has 5 nitrogen and oxygen atoms in total. The van der Waals surface area contributed by atoms with E-state index in [4.69, 9.17) is 0 Å². The number of anilines is 1. The van der Waals surface area contributed by atoms with Gasteiger partial charge in [0.2, 0.25) is 6.41 Å². The maximum atomic E-state index is 12.7. The molecular formula is C27H25F3N4O. The van der Waals surface area contributed by atoms with Crippen molar-refractivity contribution in [3.05, 3.63) is 88.2 Å². The molecule has 2 aromatic carbocycles. The molecule has 0 spiro atoms. The summed E-state index contributed by atoms with van der Waals surface area (Å²) in [6, 6.07) is 12.1. The third kappa shape index (κ3) is 6.70. The minimum Gasteiger partial charge on any atom is -0.329 e. The van der Waals surface area contributed by atoms with Crippen molar-refractivity contribution in [2.45, 2.75) is 39.8 Å². The van der Waals surface area contributed by atoms with Crippen LogP contribution in [0.15, 0.2) is 54.9 Å². The third-order valence-electron chi connectivity index (χ3n) is 5.23. The Bertz CT molecular complexity index is 1400. The van der Waals surface area contributed by atoms with Crippen molar-refractivity contribution in [3.8, 4) is 11.8 Å². The first-order valence-electron chi connectivity index (χ1n) is 10.9. The van der Waals surface area contributed by atoms with E-state index in [1.54, 1.807) is 26.2 Å². The lowest BCUT2D eigenvalue weighted by atomic mass is 9.96. The smallest absolute Gasteiger partial charge is 0.329 e. The van der Waals surface area contributed by atoms with Crippen LogP contribution in [0.3, 0.4) is 0 Å². The number of benzene rings is 2. The number of halogens is 3. The molecule has 0 aliphatic heterocycles. The van der Waals surface area contributed by atoms with Crippen molar-refractivity contribution < 1.29 is 18.0 Å². The number of nitrogens with one attached hydrogen (secondary N) is 2. The van der Waals surface area contributed by atoms with Crippen LogP contribution < -0.4 is 5.32 Å². The van der Waals surface area contributed by atoms with Gasteiger partial charge in [0.15, 0.2) is 5.65 Å². The van der Waals surface area contributed by atoms with Gasteiger partial charge < -0.3 is 5.32 Å². The second-order valence-electron chi connectivity index (χ2n) is 8.32. The largest absolute Gasteiger partial charge is 0.416 e. The summed E-state index contributed by atoms with van der Waals surface area (Å²) in [5.41, 5.74) is 4.83. The van der Waals surface area contributed by atoms with Gasteiger partial charge >= 0.3 is 6.18 Å². The van der Waals surface area contributed by atoms with Crippen molar-refractivity contribution in [2.24, 2.45) is 0 Å². The summed E-state index contributed by atoms with van der Waals surface area (Å²) in [4.78, 5) is 14.4. The number of H-pyrrole nitrogens is 1. The summed E-state index contributed by atoms with van der Waals surface area (Å²) < 4.78 is 38.1. The van der Waals surface area contributed by atoms with E-state index in [2.05, 4.69) is 64.4 Å². The van der Waals surface area contributed by atoms with Gasteiger partial charge in [-0.25, -0.2) is 4.98 Å². The van der Waals surface area contributed by atoms with Crippen molar-refractivity contribution >= 4 is 23.1 Å².